The lowest BCUT2D eigenvalue weighted by Gasteiger charge is -2.27. The van der Waals surface area contributed by atoms with Gasteiger partial charge in [-0.25, -0.2) is 0 Å². The van der Waals surface area contributed by atoms with Gasteiger partial charge in [0.2, 0.25) is 0 Å². The maximum Gasteiger partial charge on any atom is 0.303 e. The maximum atomic E-state index is 10.3. The van der Waals surface area contributed by atoms with Gasteiger partial charge in [0.15, 0.2) is 0 Å². The highest BCUT2D eigenvalue weighted by atomic mass is 16.4. The Balaban J connectivity index is 3.65. The molecule has 0 rings (SSSR count). The third-order valence-corrected chi connectivity index (χ3v) is 2.30. The Hall–Kier alpha value is -0.610. The molecule has 0 aromatic rings. The Morgan fingerprint density at radius 2 is 2.07 bits per heavy atom. The summed E-state index contributed by atoms with van der Waals surface area (Å²) in [4.78, 5) is 12.2. The van der Waals surface area contributed by atoms with Crippen molar-refractivity contribution in [2.75, 3.05) is 20.1 Å². The molecule has 0 heterocycles. The molecule has 1 atom stereocenters. The molecule has 0 bridgehead atoms. The van der Waals surface area contributed by atoms with Crippen LogP contribution in [0.2, 0.25) is 0 Å². The van der Waals surface area contributed by atoms with E-state index in [0.29, 0.717) is 25.9 Å². The second-order valence-electron chi connectivity index (χ2n) is 4.09. The van der Waals surface area contributed by atoms with Gasteiger partial charge in [0.05, 0.1) is 5.60 Å². The van der Waals surface area contributed by atoms with Crippen LogP contribution in [-0.4, -0.2) is 46.8 Å². The first-order valence-electron chi connectivity index (χ1n) is 5.00. The number of carboxylic acids is 1. The minimum atomic E-state index is -0.763. The van der Waals surface area contributed by atoms with Crippen molar-refractivity contribution in [3.05, 3.63) is 0 Å². The molecule has 0 aliphatic rings. The number of rotatable bonds is 7. The Bertz CT molecular complexity index is 180. The first-order valence-corrected chi connectivity index (χ1v) is 5.00. The van der Waals surface area contributed by atoms with Gasteiger partial charge >= 0.3 is 5.97 Å². The summed E-state index contributed by atoms with van der Waals surface area (Å²) in [7, 11) is 1.89. The third kappa shape index (κ3) is 6.86. The molecule has 2 N–H and O–H groups in total. The van der Waals surface area contributed by atoms with Crippen LogP contribution < -0.4 is 0 Å². The summed E-state index contributed by atoms with van der Waals surface area (Å²) in [5, 5.41) is 18.2. The quantitative estimate of drug-likeness (QED) is 0.646. The molecule has 0 saturated carbocycles. The summed E-state index contributed by atoms with van der Waals surface area (Å²) >= 11 is 0. The molecule has 0 aromatic carbocycles. The van der Waals surface area contributed by atoms with Crippen molar-refractivity contribution >= 4 is 5.97 Å². The van der Waals surface area contributed by atoms with Crippen molar-refractivity contribution in [3.8, 4) is 0 Å². The highest BCUT2D eigenvalue weighted by Gasteiger charge is 2.19. The molecule has 1 unspecified atom stereocenters. The molecule has 4 heteroatoms. The van der Waals surface area contributed by atoms with Gasteiger partial charge < -0.3 is 15.1 Å². The van der Waals surface area contributed by atoms with Gasteiger partial charge in [-0.3, -0.25) is 4.79 Å². The van der Waals surface area contributed by atoms with Gasteiger partial charge in [-0.1, -0.05) is 6.92 Å². The summed E-state index contributed by atoms with van der Waals surface area (Å²) in [5.41, 5.74) is -0.669. The number of hydrogen-bond donors (Lipinski definition) is 2. The van der Waals surface area contributed by atoms with Crippen LogP contribution in [0.3, 0.4) is 0 Å². The number of carboxylic acid groups (broad SMARTS) is 1. The fourth-order valence-electron chi connectivity index (χ4n) is 1.27. The molecule has 0 aliphatic carbocycles. The molecule has 14 heavy (non-hydrogen) atoms. The van der Waals surface area contributed by atoms with Crippen LogP contribution in [0, 0.1) is 0 Å². The zero-order chi connectivity index (χ0) is 11.2. The third-order valence-electron chi connectivity index (χ3n) is 2.30. The fraction of sp³-hybridized carbons (Fsp3) is 0.900. The van der Waals surface area contributed by atoms with Crippen LogP contribution in [0.4, 0.5) is 0 Å². The topological polar surface area (TPSA) is 60.8 Å². The summed E-state index contributed by atoms with van der Waals surface area (Å²) in [5.74, 6) is -0.763. The van der Waals surface area contributed by atoms with Crippen LogP contribution in [0.1, 0.15) is 33.1 Å². The van der Waals surface area contributed by atoms with Gasteiger partial charge in [-0.05, 0) is 33.4 Å². The first kappa shape index (κ1) is 13.4. The number of hydrogen-bond acceptors (Lipinski definition) is 3. The molecule has 0 spiro atoms. The van der Waals surface area contributed by atoms with E-state index in [1.165, 1.54) is 0 Å². The first-order chi connectivity index (χ1) is 6.37. The minimum Gasteiger partial charge on any atom is -0.481 e. The highest BCUT2D eigenvalue weighted by Crippen LogP contribution is 2.10. The smallest absolute Gasteiger partial charge is 0.303 e. The molecule has 0 fully saturated rings. The lowest BCUT2D eigenvalue weighted by Crippen LogP contribution is -2.38. The van der Waals surface area contributed by atoms with E-state index in [4.69, 9.17) is 5.11 Å². The Kier molecular flexibility index (Phi) is 5.72. The van der Waals surface area contributed by atoms with E-state index < -0.39 is 11.6 Å². The van der Waals surface area contributed by atoms with Crippen molar-refractivity contribution < 1.29 is 15.0 Å². The lowest BCUT2D eigenvalue weighted by molar-refractivity contribution is -0.137. The zero-order valence-electron chi connectivity index (χ0n) is 9.29. The normalized spacial score (nSPS) is 15.5. The van der Waals surface area contributed by atoms with Gasteiger partial charge in [0.25, 0.3) is 0 Å². The second kappa shape index (κ2) is 5.98. The number of carbonyl (C=O) groups is 1. The Morgan fingerprint density at radius 3 is 2.50 bits per heavy atom. The molecule has 4 nitrogen and oxygen atoms in total. The average Bonchev–Trinajstić information content (AvgIpc) is 2.02. The van der Waals surface area contributed by atoms with E-state index in [9.17, 15) is 9.90 Å². The summed E-state index contributed by atoms with van der Waals surface area (Å²) in [6.45, 7) is 5.03. The zero-order valence-corrected chi connectivity index (χ0v) is 9.29. The van der Waals surface area contributed by atoms with Crippen molar-refractivity contribution in [3.63, 3.8) is 0 Å². The largest absolute Gasteiger partial charge is 0.481 e. The van der Waals surface area contributed by atoms with Crippen molar-refractivity contribution in [2.24, 2.45) is 0 Å². The highest BCUT2D eigenvalue weighted by molar-refractivity contribution is 5.66. The van der Waals surface area contributed by atoms with Crippen molar-refractivity contribution in [1.82, 2.24) is 4.90 Å². The van der Waals surface area contributed by atoms with Crippen LogP contribution in [0.25, 0.3) is 0 Å². The summed E-state index contributed by atoms with van der Waals surface area (Å²) in [6, 6.07) is 0. The van der Waals surface area contributed by atoms with E-state index in [2.05, 4.69) is 0 Å². The maximum absolute atomic E-state index is 10.3. The number of aliphatic carboxylic acids is 1. The molecular weight excluding hydrogens is 182 g/mol. The number of likely N-dealkylation sites (N-methyl/N-ethyl adjacent to an activating group) is 1. The number of nitrogens with zero attached hydrogens (tertiary/aromatic N) is 1. The predicted octanol–water partition coefficient (Wildman–Crippen LogP) is 0.944. The standard InChI is InChI=1S/C10H21NO3/c1-4-10(2,14)8-11(3)7-5-6-9(12)13/h14H,4-8H2,1-3H3,(H,12,13). The van der Waals surface area contributed by atoms with Crippen LogP contribution >= 0.6 is 0 Å². The van der Waals surface area contributed by atoms with Gasteiger partial charge in [-0.15, -0.1) is 0 Å². The van der Waals surface area contributed by atoms with Gasteiger partial charge in [-0.2, -0.15) is 0 Å². The van der Waals surface area contributed by atoms with E-state index in [1.54, 1.807) is 6.92 Å². The van der Waals surface area contributed by atoms with E-state index in [1.807, 2.05) is 18.9 Å². The summed E-state index contributed by atoms with van der Waals surface area (Å²) in [6.07, 6.45) is 1.53. The molecule has 0 amide bonds. The SMILES string of the molecule is CCC(C)(O)CN(C)CCCC(=O)O. The second-order valence-corrected chi connectivity index (χ2v) is 4.09. The Labute approximate surface area is 85.5 Å². The van der Waals surface area contributed by atoms with Gasteiger partial charge in [0, 0.05) is 13.0 Å². The molecule has 0 saturated heterocycles. The lowest BCUT2D eigenvalue weighted by atomic mass is 10.0. The molecule has 84 valence electrons. The fourth-order valence-corrected chi connectivity index (χ4v) is 1.27. The minimum absolute atomic E-state index is 0.193. The van der Waals surface area contributed by atoms with E-state index >= 15 is 0 Å². The van der Waals surface area contributed by atoms with E-state index in [-0.39, 0.29) is 6.42 Å². The molecule has 0 aliphatic heterocycles. The van der Waals surface area contributed by atoms with Gasteiger partial charge in [0.1, 0.15) is 0 Å². The average molecular weight is 203 g/mol. The van der Waals surface area contributed by atoms with Crippen LogP contribution in [0.5, 0.6) is 0 Å². The Morgan fingerprint density at radius 1 is 1.50 bits per heavy atom. The van der Waals surface area contributed by atoms with Crippen molar-refractivity contribution in [1.29, 1.82) is 0 Å². The molecule has 0 radical (unpaired) electrons. The van der Waals surface area contributed by atoms with Crippen molar-refractivity contribution in [2.45, 2.75) is 38.7 Å². The number of aliphatic hydroxyl groups is 1. The molecule has 0 aromatic heterocycles. The van der Waals surface area contributed by atoms with E-state index in [0.717, 1.165) is 0 Å². The van der Waals surface area contributed by atoms with Crippen LogP contribution in [-0.2, 0) is 4.79 Å². The summed E-state index contributed by atoms with van der Waals surface area (Å²) < 4.78 is 0. The molecular formula is C10H21NO3. The van der Waals surface area contributed by atoms with Crippen LogP contribution in [0.15, 0.2) is 0 Å². The monoisotopic (exact) mass is 203 g/mol. The predicted molar refractivity (Wildman–Crippen MR) is 55.3 cm³/mol.